The van der Waals surface area contributed by atoms with Crippen molar-refractivity contribution in [2.45, 2.75) is 0 Å². The van der Waals surface area contributed by atoms with Crippen LogP contribution in [0.25, 0.3) is 0 Å². The van der Waals surface area contributed by atoms with Crippen LogP contribution >= 0.6 is 11.6 Å². The number of hydrogen-bond acceptors (Lipinski definition) is 2. The lowest BCUT2D eigenvalue weighted by atomic mass is 10.2. The maximum Gasteiger partial charge on any atom is 0.0708 e. The van der Waals surface area contributed by atoms with Crippen molar-refractivity contribution in [1.29, 1.82) is 0 Å². The summed E-state index contributed by atoms with van der Waals surface area (Å²) in [6, 6.07) is 16.2. The Kier molecular flexibility index (Phi) is 2.73. The predicted octanol–water partition coefficient (Wildman–Crippen LogP) is 4.40. The van der Waals surface area contributed by atoms with Crippen molar-refractivity contribution < 1.29 is 0 Å². The van der Waals surface area contributed by atoms with Gasteiger partial charge in [0, 0.05) is 30.2 Å². The molecule has 3 heteroatoms. The number of anilines is 3. The molecule has 0 atom stereocenters. The molecule has 0 spiro atoms. The zero-order valence-corrected chi connectivity index (χ0v) is 10.8. The van der Waals surface area contributed by atoms with E-state index in [-0.39, 0.29) is 0 Å². The molecule has 90 valence electrons. The normalized spacial score (nSPS) is 13.7. The van der Waals surface area contributed by atoms with Crippen LogP contribution in [-0.4, -0.2) is 7.05 Å². The first-order chi connectivity index (χ1) is 8.75. The van der Waals surface area contributed by atoms with E-state index in [0.29, 0.717) is 0 Å². The van der Waals surface area contributed by atoms with Crippen LogP contribution in [0.4, 0.5) is 17.1 Å². The summed E-state index contributed by atoms with van der Waals surface area (Å²) in [4.78, 5) is 4.23. The summed E-state index contributed by atoms with van der Waals surface area (Å²) < 4.78 is 0. The molecule has 1 aliphatic heterocycles. The molecule has 1 aliphatic rings. The molecule has 0 amide bonds. The second kappa shape index (κ2) is 4.39. The minimum absolute atomic E-state index is 0.749. The summed E-state index contributed by atoms with van der Waals surface area (Å²) in [5, 5.41) is 0.749. The Labute approximate surface area is 112 Å². The molecule has 3 rings (SSSR count). The van der Waals surface area contributed by atoms with Gasteiger partial charge in [0.15, 0.2) is 0 Å². The lowest BCUT2D eigenvalue weighted by Gasteiger charge is -2.31. The third kappa shape index (κ3) is 1.85. The lowest BCUT2D eigenvalue weighted by Crippen LogP contribution is -2.21. The van der Waals surface area contributed by atoms with E-state index in [1.165, 1.54) is 0 Å². The van der Waals surface area contributed by atoms with Crippen LogP contribution in [0.15, 0.2) is 60.9 Å². The highest BCUT2D eigenvalue weighted by molar-refractivity contribution is 6.31. The molecule has 2 nitrogen and oxygen atoms in total. The van der Waals surface area contributed by atoms with Crippen LogP contribution in [0.3, 0.4) is 0 Å². The molecule has 0 bridgehead atoms. The van der Waals surface area contributed by atoms with Gasteiger partial charge in [-0.05, 0) is 30.3 Å². The van der Waals surface area contributed by atoms with Crippen molar-refractivity contribution in [1.82, 2.24) is 0 Å². The minimum Gasteiger partial charge on any atom is -0.348 e. The van der Waals surface area contributed by atoms with Crippen molar-refractivity contribution in [3.63, 3.8) is 0 Å². The Bertz CT molecular complexity index is 593. The summed E-state index contributed by atoms with van der Waals surface area (Å²) in [5.74, 6) is 0. The van der Waals surface area contributed by atoms with E-state index in [2.05, 4.69) is 21.9 Å². The summed E-state index contributed by atoms with van der Waals surface area (Å²) in [7, 11) is 2.03. The molecule has 0 radical (unpaired) electrons. The lowest BCUT2D eigenvalue weighted by molar-refractivity contribution is 1.12. The van der Waals surface area contributed by atoms with Crippen LogP contribution in [-0.2, 0) is 0 Å². The maximum absolute atomic E-state index is 6.11. The molecule has 0 saturated carbocycles. The van der Waals surface area contributed by atoms with E-state index < -0.39 is 0 Å². The third-order valence-electron chi connectivity index (χ3n) is 3.05. The van der Waals surface area contributed by atoms with E-state index in [0.717, 1.165) is 22.1 Å². The Morgan fingerprint density at radius 2 is 1.67 bits per heavy atom. The van der Waals surface area contributed by atoms with E-state index in [9.17, 15) is 0 Å². The van der Waals surface area contributed by atoms with Crippen LogP contribution in [0.5, 0.6) is 0 Å². The van der Waals surface area contributed by atoms with Gasteiger partial charge in [-0.25, -0.2) is 0 Å². The highest BCUT2D eigenvalue weighted by atomic mass is 35.5. The topological polar surface area (TPSA) is 6.48 Å². The van der Waals surface area contributed by atoms with Gasteiger partial charge >= 0.3 is 0 Å². The van der Waals surface area contributed by atoms with E-state index in [1.54, 1.807) is 0 Å². The van der Waals surface area contributed by atoms with Gasteiger partial charge in [-0.15, -0.1) is 0 Å². The Balaban J connectivity index is 2.14. The van der Waals surface area contributed by atoms with Crippen LogP contribution < -0.4 is 9.80 Å². The Morgan fingerprint density at radius 1 is 0.889 bits per heavy atom. The van der Waals surface area contributed by atoms with Crippen molar-refractivity contribution >= 4 is 28.7 Å². The van der Waals surface area contributed by atoms with Gasteiger partial charge in [-0.3, -0.25) is 0 Å². The highest BCUT2D eigenvalue weighted by Gasteiger charge is 2.17. The van der Waals surface area contributed by atoms with Gasteiger partial charge in [-0.1, -0.05) is 29.8 Å². The molecule has 0 fully saturated rings. The average Bonchev–Trinajstić information content (AvgIpc) is 2.40. The summed E-state index contributed by atoms with van der Waals surface area (Å²) in [6.07, 6.45) is 4.09. The average molecular weight is 257 g/mol. The zero-order chi connectivity index (χ0) is 12.5. The van der Waals surface area contributed by atoms with E-state index >= 15 is 0 Å². The van der Waals surface area contributed by atoms with Gasteiger partial charge < -0.3 is 9.80 Å². The Hall–Kier alpha value is -1.93. The molecule has 2 aromatic carbocycles. The number of fused-ring (bicyclic) bond motifs is 1. The summed E-state index contributed by atoms with van der Waals surface area (Å²) in [5.41, 5.74) is 3.37. The van der Waals surface area contributed by atoms with Crippen molar-refractivity contribution in [3.05, 3.63) is 66.0 Å². The number of rotatable bonds is 1. The van der Waals surface area contributed by atoms with Gasteiger partial charge in [0.05, 0.1) is 11.4 Å². The van der Waals surface area contributed by atoms with Gasteiger partial charge in [0.1, 0.15) is 0 Å². The SMILES string of the molecule is CN1C=CN(c2ccccc2)c2cc(Cl)ccc21. The predicted molar refractivity (Wildman–Crippen MR) is 77.6 cm³/mol. The fourth-order valence-corrected chi connectivity index (χ4v) is 2.30. The third-order valence-corrected chi connectivity index (χ3v) is 3.29. The molecule has 2 aromatic rings. The van der Waals surface area contributed by atoms with Crippen LogP contribution in [0, 0.1) is 0 Å². The van der Waals surface area contributed by atoms with Crippen molar-refractivity contribution in [2.75, 3.05) is 16.8 Å². The number of para-hydroxylation sites is 1. The second-order valence-electron chi connectivity index (χ2n) is 4.25. The fraction of sp³-hybridized carbons (Fsp3) is 0.0667. The largest absolute Gasteiger partial charge is 0.348 e. The number of benzene rings is 2. The van der Waals surface area contributed by atoms with Crippen LogP contribution in [0.1, 0.15) is 0 Å². The van der Waals surface area contributed by atoms with Gasteiger partial charge in [-0.2, -0.15) is 0 Å². The quantitative estimate of drug-likeness (QED) is 0.746. The van der Waals surface area contributed by atoms with Crippen molar-refractivity contribution in [3.8, 4) is 0 Å². The van der Waals surface area contributed by atoms with Crippen molar-refractivity contribution in [2.24, 2.45) is 0 Å². The molecule has 0 N–H and O–H groups in total. The van der Waals surface area contributed by atoms with Gasteiger partial charge in [0.2, 0.25) is 0 Å². The Morgan fingerprint density at radius 3 is 2.44 bits per heavy atom. The molecule has 0 aliphatic carbocycles. The highest BCUT2D eigenvalue weighted by Crippen LogP contribution is 2.38. The van der Waals surface area contributed by atoms with E-state index in [1.807, 2.05) is 55.8 Å². The van der Waals surface area contributed by atoms with Crippen LogP contribution in [0.2, 0.25) is 5.02 Å². The number of halogens is 1. The monoisotopic (exact) mass is 256 g/mol. The molecular weight excluding hydrogens is 244 g/mol. The van der Waals surface area contributed by atoms with Gasteiger partial charge in [0.25, 0.3) is 0 Å². The smallest absolute Gasteiger partial charge is 0.0708 e. The summed E-state index contributed by atoms with van der Waals surface area (Å²) >= 11 is 6.11. The fourth-order valence-electron chi connectivity index (χ4n) is 2.13. The second-order valence-corrected chi connectivity index (χ2v) is 4.68. The molecule has 0 unspecified atom stereocenters. The minimum atomic E-state index is 0.749. The standard InChI is InChI=1S/C15H13ClN2/c1-17-9-10-18(13-5-3-2-4-6-13)15-11-12(16)7-8-14(15)17/h2-11H,1H3. The summed E-state index contributed by atoms with van der Waals surface area (Å²) in [6.45, 7) is 0. The first-order valence-corrected chi connectivity index (χ1v) is 6.18. The maximum atomic E-state index is 6.11. The van der Waals surface area contributed by atoms with E-state index in [4.69, 9.17) is 11.6 Å². The molecule has 18 heavy (non-hydrogen) atoms. The molecule has 0 saturated heterocycles. The zero-order valence-electron chi connectivity index (χ0n) is 10.0. The molecular formula is C15H13ClN2. The number of hydrogen-bond donors (Lipinski definition) is 0. The first-order valence-electron chi connectivity index (χ1n) is 5.81. The molecule has 0 aromatic heterocycles. The first kappa shape index (κ1) is 11.2. The number of nitrogens with zero attached hydrogens (tertiary/aromatic N) is 2. The molecule has 1 heterocycles.